The Labute approximate surface area is 134 Å². The highest BCUT2D eigenvalue weighted by Gasteiger charge is 2.20. The first-order valence-electron chi connectivity index (χ1n) is 8.24. The monoisotopic (exact) mass is 306 g/mol. The number of aliphatic imine (C=N–C) groups is 1. The summed E-state index contributed by atoms with van der Waals surface area (Å²) in [5.41, 5.74) is 3.47. The highest BCUT2D eigenvalue weighted by atomic mass is 15.3. The van der Waals surface area contributed by atoms with E-state index in [1.54, 1.807) is 0 Å². The predicted octanol–water partition coefficient (Wildman–Crippen LogP) is 1.19. The first kappa shape index (κ1) is 16.8. The topological polar surface area (TPSA) is 57.5 Å². The summed E-state index contributed by atoms with van der Waals surface area (Å²) in [5.74, 6) is 0.894. The third-order valence-electron chi connectivity index (χ3n) is 4.58. The number of guanidine groups is 1. The summed E-state index contributed by atoms with van der Waals surface area (Å²) in [7, 11) is 4.18. The van der Waals surface area contributed by atoms with E-state index in [0.717, 1.165) is 24.7 Å². The molecule has 124 valence electrons. The molecule has 1 aliphatic rings. The van der Waals surface area contributed by atoms with Crippen molar-refractivity contribution in [2.75, 3.05) is 26.7 Å². The molecule has 1 aromatic rings. The predicted molar refractivity (Wildman–Crippen MR) is 91.2 cm³/mol. The van der Waals surface area contributed by atoms with Crippen LogP contribution in [0, 0.1) is 13.8 Å². The van der Waals surface area contributed by atoms with Gasteiger partial charge in [-0.1, -0.05) is 0 Å². The third-order valence-corrected chi connectivity index (χ3v) is 4.58. The molecule has 0 radical (unpaired) electrons. The van der Waals surface area contributed by atoms with Crippen LogP contribution in [0.3, 0.4) is 0 Å². The number of hydrogen-bond donors (Lipinski definition) is 2. The van der Waals surface area contributed by atoms with E-state index in [1.807, 2.05) is 18.7 Å². The van der Waals surface area contributed by atoms with Crippen LogP contribution in [0.5, 0.6) is 0 Å². The fourth-order valence-corrected chi connectivity index (χ4v) is 3.00. The number of aromatic nitrogens is 2. The maximum atomic E-state index is 4.73. The Balaban J connectivity index is 1.97. The average Bonchev–Trinajstić information content (AvgIpc) is 2.99. The van der Waals surface area contributed by atoms with Crippen LogP contribution in [0.15, 0.2) is 4.99 Å². The molecule has 0 spiro atoms. The van der Waals surface area contributed by atoms with Gasteiger partial charge in [-0.05, 0) is 47.2 Å². The van der Waals surface area contributed by atoms with Gasteiger partial charge in [0.25, 0.3) is 0 Å². The molecule has 6 heteroatoms. The average molecular weight is 306 g/mol. The molecular formula is C16H30N6. The summed E-state index contributed by atoms with van der Waals surface area (Å²) < 4.78 is 1.92. The molecule has 1 saturated heterocycles. The van der Waals surface area contributed by atoms with Gasteiger partial charge in [0.05, 0.1) is 12.2 Å². The van der Waals surface area contributed by atoms with E-state index >= 15 is 0 Å². The molecular weight excluding hydrogens is 276 g/mol. The van der Waals surface area contributed by atoms with Crippen LogP contribution >= 0.6 is 0 Å². The summed E-state index contributed by atoms with van der Waals surface area (Å²) in [5, 5.41) is 11.3. The Bertz CT molecular complexity index is 519. The van der Waals surface area contributed by atoms with E-state index in [1.165, 1.54) is 30.6 Å². The molecule has 2 N–H and O–H groups in total. The SMILES string of the molecule is CCNC(=NCc1c(C)nn(C)c1C)NCC1CCCN1C. The van der Waals surface area contributed by atoms with E-state index < -0.39 is 0 Å². The highest BCUT2D eigenvalue weighted by molar-refractivity contribution is 5.79. The molecule has 0 aromatic carbocycles. The van der Waals surface area contributed by atoms with Crippen molar-refractivity contribution in [2.24, 2.45) is 12.0 Å². The lowest BCUT2D eigenvalue weighted by Gasteiger charge is -2.21. The fourth-order valence-electron chi connectivity index (χ4n) is 3.00. The summed E-state index contributed by atoms with van der Waals surface area (Å²) in [4.78, 5) is 7.15. The van der Waals surface area contributed by atoms with E-state index in [-0.39, 0.29) is 0 Å². The van der Waals surface area contributed by atoms with Gasteiger partial charge < -0.3 is 15.5 Å². The quantitative estimate of drug-likeness (QED) is 0.634. The number of nitrogens with zero attached hydrogens (tertiary/aromatic N) is 4. The van der Waals surface area contributed by atoms with Crippen LogP contribution in [0.4, 0.5) is 0 Å². The molecule has 1 fully saturated rings. The van der Waals surface area contributed by atoms with Crippen molar-refractivity contribution in [3.63, 3.8) is 0 Å². The standard InChI is InChI=1S/C16H30N6/c1-6-17-16(18-10-14-8-7-9-21(14)4)19-11-15-12(2)20-22(5)13(15)3/h14H,6-11H2,1-5H3,(H2,17,18,19). The van der Waals surface area contributed by atoms with Crippen LogP contribution in [0.1, 0.15) is 36.7 Å². The molecule has 2 heterocycles. The van der Waals surface area contributed by atoms with Gasteiger partial charge in [-0.15, -0.1) is 0 Å². The van der Waals surface area contributed by atoms with E-state index in [2.05, 4.69) is 41.5 Å². The normalized spacial score (nSPS) is 19.7. The largest absolute Gasteiger partial charge is 0.357 e. The first-order chi connectivity index (χ1) is 10.5. The molecule has 2 rings (SSSR count). The molecule has 1 unspecified atom stereocenters. The molecule has 0 saturated carbocycles. The minimum absolute atomic E-state index is 0.616. The fraction of sp³-hybridized carbons (Fsp3) is 0.750. The van der Waals surface area contributed by atoms with Crippen LogP contribution in [-0.4, -0.2) is 53.4 Å². The zero-order chi connectivity index (χ0) is 16.1. The Morgan fingerprint density at radius 3 is 2.64 bits per heavy atom. The minimum atomic E-state index is 0.616. The highest BCUT2D eigenvalue weighted by Crippen LogP contribution is 2.14. The lowest BCUT2D eigenvalue weighted by molar-refractivity contribution is 0.309. The first-order valence-corrected chi connectivity index (χ1v) is 8.24. The van der Waals surface area contributed by atoms with E-state index in [9.17, 15) is 0 Å². The van der Waals surface area contributed by atoms with Crippen molar-refractivity contribution in [1.29, 1.82) is 0 Å². The van der Waals surface area contributed by atoms with Crippen molar-refractivity contribution >= 4 is 5.96 Å². The number of likely N-dealkylation sites (tertiary alicyclic amines) is 1. The van der Waals surface area contributed by atoms with Crippen LogP contribution in [0.2, 0.25) is 0 Å². The van der Waals surface area contributed by atoms with Gasteiger partial charge in [0.2, 0.25) is 0 Å². The van der Waals surface area contributed by atoms with Crippen molar-refractivity contribution in [3.8, 4) is 0 Å². The van der Waals surface area contributed by atoms with Crippen molar-refractivity contribution < 1.29 is 0 Å². The lowest BCUT2D eigenvalue weighted by atomic mass is 10.2. The molecule has 6 nitrogen and oxygen atoms in total. The van der Waals surface area contributed by atoms with Gasteiger partial charge in [-0.3, -0.25) is 4.68 Å². The molecule has 0 amide bonds. The second kappa shape index (κ2) is 7.63. The Hall–Kier alpha value is -1.56. The zero-order valence-corrected chi connectivity index (χ0v) is 14.6. The third kappa shape index (κ3) is 4.00. The number of likely N-dealkylation sites (N-methyl/N-ethyl adjacent to an activating group) is 1. The minimum Gasteiger partial charge on any atom is -0.357 e. The van der Waals surface area contributed by atoms with Gasteiger partial charge in [0, 0.05) is 37.4 Å². The van der Waals surface area contributed by atoms with E-state index in [4.69, 9.17) is 4.99 Å². The molecule has 1 aliphatic heterocycles. The molecule has 1 atom stereocenters. The summed E-state index contributed by atoms with van der Waals surface area (Å²) >= 11 is 0. The van der Waals surface area contributed by atoms with Crippen LogP contribution < -0.4 is 10.6 Å². The maximum Gasteiger partial charge on any atom is 0.191 e. The number of nitrogens with one attached hydrogen (secondary N) is 2. The van der Waals surface area contributed by atoms with Gasteiger partial charge in [-0.25, -0.2) is 4.99 Å². The number of aryl methyl sites for hydroxylation is 2. The van der Waals surface area contributed by atoms with Gasteiger partial charge in [0.15, 0.2) is 5.96 Å². The molecule has 1 aromatic heterocycles. The van der Waals surface area contributed by atoms with E-state index in [0.29, 0.717) is 12.6 Å². The Morgan fingerprint density at radius 1 is 1.32 bits per heavy atom. The Morgan fingerprint density at radius 2 is 2.09 bits per heavy atom. The molecule has 0 bridgehead atoms. The molecule has 0 aliphatic carbocycles. The van der Waals surface area contributed by atoms with Gasteiger partial charge in [-0.2, -0.15) is 5.10 Å². The number of rotatable bonds is 5. The number of hydrogen-bond acceptors (Lipinski definition) is 3. The second-order valence-corrected chi connectivity index (χ2v) is 6.13. The summed E-state index contributed by atoms with van der Waals surface area (Å²) in [6.45, 7) is 9.93. The van der Waals surface area contributed by atoms with Crippen molar-refractivity contribution in [3.05, 3.63) is 17.0 Å². The van der Waals surface area contributed by atoms with Crippen LogP contribution in [-0.2, 0) is 13.6 Å². The summed E-state index contributed by atoms with van der Waals surface area (Å²) in [6, 6.07) is 0.616. The summed E-state index contributed by atoms with van der Waals surface area (Å²) in [6.07, 6.45) is 2.56. The zero-order valence-electron chi connectivity index (χ0n) is 14.6. The maximum absolute atomic E-state index is 4.73. The van der Waals surface area contributed by atoms with Crippen molar-refractivity contribution in [1.82, 2.24) is 25.3 Å². The smallest absolute Gasteiger partial charge is 0.191 e. The lowest BCUT2D eigenvalue weighted by Crippen LogP contribution is -2.44. The molecule has 22 heavy (non-hydrogen) atoms. The van der Waals surface area contributed by atoms with Gasteiger partial charge in [0.1, 0.15) is 0 Å². The Kier molecular flexibility index (Phi) is 5.83. The second-order valence-electron chi connectivity index (χ2n) is 6.13. The van der Waals surface area contributed by atoms with Crippen LogP contribution in [0.25, 0.3) is 0 Å². The van der Waals surface area contributed by atoms with Gasteiger partial charge >= 0.3 is 0 Å². The van der Waals surface area contributed by atoms with Crippen molar-refractivity contribution in [2.45, 2.75) is 46.2 Å².